The molecular weight excluding hydrogens is 509 g/mol. The van der Waals surface area contributed by atoms with Crippen molar-refractivity contribution in [3.8, 4) is 16.9 Å². The fourth-order valence-corrected chi connectivity index (χ4v) is 4.38. The first-order chi connectivity index (χ1) is 17.9. The van der Waals surface area contributed by atoms with Crippen molar-refractivity contribution in [1.82, 2.24) is 5.32 Å². The van der Waals surface area contributed by atoms with Gasteiger partial charge in [-0.15, -0.1) is 12.4 Å². The van der Waals surface area contributed by atoms with Crippen LogP contribution in [0.3, 0.4) is 0 Å². The summed E-state index contributed by atoms with van der Waals surface area (Å²) in [4.78, 5) is 24.9. The Morgan fingerprint density at radius 1 is 0.895 bits per heavy atom. The summed E-state index contributed by atoms with van der Waals surface area (Å²) >= 11 is 0. The summed E-state index contributed by atoms with van der Waals surface area (Å²) in [5.41, 5.74) is 8.30. The summed E-state index contributed by atoms with van der Waals surface area (Å²) in [5.74, 6) is -0.247. The number of hydrogen-bond donors (Lipinski definition) is 3. The maximum atomic E-state index is 13.0. The van der Waals surface area contributed by atoms with E-state index in [0.29, 0.717) is 29.3 Å². The number of hydrogen-bond acceptors (Lipinski definition) is 5. The molecule has 3 aromatic carbocycles. The molecule has 1 aliphatic carbocycles. The van der Waals surface area contributed by atoms with Gasteiger partial charge >= 0.3 is 11.9 Å². The number of carbonyl (C=O) groups excluding carboxylic acids is 2. The largest absolute Gasteiger partial charge is 0.457 e. The van der Waals surface area contributed by atoms with Crippen LogP contribution in [0.25, 0.3) is 11.1 Å². The van der Waals surface area contributed by atoms with E-state index in [2.05, 4.69) is 5.32 Å². The zero-order valence-electron chi connectivity index (χ0n) is 20.8. The van der Waals surface area contributed by atoms with Crippen molar-refractivity contribution in [1.29, 1.82) is 5.41 Å². The van der Waals surface area contributed by atoms with Gasteiger partial charge in [-0.05, 0) is 84.7 Å². The van der Waals surface area contributed by atoms with E-state index < -0.39 is 5.97 Å². The minimum atomic E-state index is -0.456. The first-order valence-electron chi connectivity index (χ1n) is 12.3. The molecule has 0 radical (unpaired) electrons. The second-order valence-corrected chi connectivity index (χ2v) is 9.24. The molecule has 1 saturated carbocycles. The summed E-state index contributed by atoms with van der Waals surface area (Å²) in [6.45, 7) is 0.732. The molecule has 200 valence electrons. The highest BCUT2D eigenvalue weighted by atomic mass is 35.5. The zero-order chi connectivity index (χ0) is 26.2. The SMILES string of the molecule is Cl.N=C(N)NC[C@H]1CC[C@H](C(=O)Oc2ccc(-c3ccc(C(=O)OCc4ccc(F)cc4)cc3)cc2)CC1. The van der Waals surface area contributed by atoms with Crippen LogP contribution in [0.4, 0.5) is 4.39 Å². The Labute approximate surface area is 227 Å². The normalized spacial score (nSPS) is 16.6. The lowest BCUT2D eigenvalue weighted by atomic mass is 9.82. The third-order valence-corrected chi connectivity index (χ3v) is 6.57. The molecule has 9 heteroatoms. The van der Waals surface area contributed by atoms with Crippen LogP contribution in [0.15, 0.2) is 72.8 Å². The van der Waals surface area contributed by atoms with E-state index in [9.17, 15) is 14.0 Å². The summed E-state index contributed by atoms with van der Waals surface area (Å²) in [6.07, 6.45) is 3.32. The minimum absolute atomic E-state index is 0. The summed E-state index contributed by atoms with van der Waals surface area (Å²) in [6, 6.07) is 20.1. The highest BCUT2D eigenvalue weighted by Gasteiger charge is 2.27. The van der Waals surface area contributed by atoms with Gasteiger partial charge in [0.05, 0.1) is 11.5 Å². The van der Waals surface area contributed by atoms with E-state index in [1.807, 2.05) is 24.3 Å². The number of ether oxygens (including phenoxy) is 2. The van der Waals surface area contributed by atoms with E-state index in [0.717, 1.165) is 36.8 Å². The molecule has 38 heavy (non-hydrogen) atoms. The van der Waals surface area contributed by atoms with Crippen molar-refractivity contribution in [2.24, 2.45) is 17.6 Å². The van der Waals surface area contributed by atoms with Gasteiger partial charge in [0.25, 0.3) is 0 Å². The van der Waals surface area contributed by atoms with Crippen molar-refractivity contribution >= 4 is 30.3 Å². The molecule has 1 fully saturated rings. The number of halogens is 2. The lowest BCUT2D eigenvalue weighted by molar-refractivity contribution is -0.140. The molecule has 0 unspecified atom stereocenters. The summed E-state index contributed by atoms with van der Waals surface area (Å²) in [5, 5.41) is 10.1. The Hall–Kier alpha value is -3.91. The Kier molecular flexibility index (Phi) is 10.2. The predicted molar refractivity (Wildman–Crippen MR) is 146 cm³/mol. The van der Waals surface area contributed by atoms with Crippen molar-refractivity contribution in [3.05, 3.63) is 89.7 Å². The van der Waals surface area contributed by atoms with E-state index in [1.54, 1.807) is 36.4 Å². The molecule has 0 bridgehead atoms. The van der Waals surface area contributed by atoms with E-state index >= 15 is 0 Å². The quantitative estimate of drug-likeness (QED) is 0.151. The monoisotopic (exact) mass is 539 g/mol. The van der Waals surface area contributed by atoms with Crippen molar-refractivity contribution in [3.63, 3.8) is 0 Å². The van der Waals surface area contributed by atoms with Crippen molar-refractivity contribution < 1.29 is 23.5 Å². The fraction of sp³-hybridized carbons (Fsp3) is 0.276. The van der Waals surface area contributed by atoms with Gasteiger partial charge < -0.3 is 20.5 Å². The molecule has 1 aliphatic rings. The van der Waals surface area contributed by atoms with Crippen molar-refractivity contribution in [2.45, 2.75) is 32.3 Å². The average Bonchev–Trinajstić information content (AvgIpc) is 2.92. The van der Waals surface area contributed by atoms with Crippen LogP contribution in [0, 0.1) is 23.1 Å². The van der Waals surface area contributed by atoms with Gasteiger partial charge in [-0.2, -0.15) is 0 Å². The van der Waals surface area contributed by atoms with Gasteiger partial charge in [-0.25, -0.2) is 9.18 Å². The number of rotatable bonds is 8. The Balaban J connectivity index is 0.00000400. The molecule has 3 aromatic rings. The third-order valence-electron chi connectivity index (χ3n) is 6.57. The lowest BCUT2D eigenvalue weighted by Crippen LogP contribution is -2.36. The Morgan fingerprint density at radius 2 is 1.47 bits per heavy atom. The number of carbonyl (C=O) groups is 2. The number of guanidine groups is 1. The molecular formula is C29H31ClFN3O4. The van der Waals surface area contributed by atoms with Gasteiger partial charge in [0, 0.05) is 6.54 Å². The molecule has 0 heterocycles. The molecule has 0 spiro atoms. The minimum Gasteiger partial charge on any atom is -0.457 e. The highest BCUT2D eigenvalue weighted by molar-refractivity contribution is 5.90. The number of benzene rings is 3. The van der Waals surface area contributed by atoms with Gasteiger partial charge in [0.2, 0.25) is 0 Å². The van der Waals surface area contributed by atoms with Crippen molar-refractivity contribution in [2.75, 3.05) is 6.54 Å². The zero-order valence-corrected chi connectivity index (χ0v) is 21.6. The van der Waals surface area contributed by atoms with E-state index in [1.165, 1.54) is 12.1 Å². The second-order valence-electron chi connectivity index (χ2n) is 9.24. The predicted octanol–water partition coefficient (Wildman–Crippen LogP) is 5.47. The van der Waals surface area contributed by atoms with Crippen LogP contribution in [0.1, 0.15) is 41.6 Å². The topological polar surface area (TPSA) is 115 Å². The number of nitrogens with one attached hydrogen (secondary N) is 2. The average molecular weight is 540 g/mol. The Morgan fingerprint density at radius 3 is 2.05 bits per heavy atom. The first kappa shape index (κ1) is 28.7. The smallest absolute Gasteiger partial charge is 0.338 e. The molecule has 7 nitrogen and oxygen atoms in total. The fourth-order valence-electron chi connectivity index (χ4n) is 4.38. The molecule has 0 amide bonds. The van der Waals surface area contributed by atoms with Gasteiger partial charge in [0.15, 0.2) is 5.96 Å². The molecule has 0 saturated heterocycles. The standard InChI is InChI=1S/C29H30FN3O4.ClH/c30-25-13-3-20(4-14-25)18-36-27(34)23-9-7-21(8-10-23)22-11-15-26(16-12-22)37-28(35)24-5-1-19(2-6-24)17-33-29(31)32;/h3-4,7-16,19,24H,1-2,5-6,17-18H2,(H4,31,32,33);1H/t19-,24-;. The van der Waals surface area contributed by atoms with Crippen LogP contribution in [0.2, 0.25) is 0 Å². The van der Waals surface area contributed by atoms with Crippen LogP contribution < -0.4 is 15.8 Å². The van der Waals surface area contributed by atoms with Crippen LogP contribution in [-0.2, 0) is 16.1 Å². The lowest BCUT2D eigenvalue weighted by Gasteiger charge is -2.27. The number of esters is 2. The third kappa shape index (κ3) is 8.05. The van der Waals surface area contributed by atoms with Crippen LogP contribution in [-0.4, -0.2) is 24.4 Å². The highest BCUT2D eigenvalue weighted by Crippen LogP contribution is 2.30. The van der Waals surface area contributed by atoms with Gasteiger partial charge in [-0.3, -0.25) is 10.2 Å². The van der Waals surface area contributed by atoms with E-state index in [4.69, 9.17) is 20.6 Å². The Bertz CT molecular complexity index is 1230. The maximum absolute atomic E-state index is 13.0. The van der Waals surface area contributed by atoms with Gasteiger partial charge in [-0.1, -0.05) is 36.4 Å². The molecule has 0 atom stereocenters. The van der Waals surface area contributed by atoms with Gasteiger partial charge in [0.1, 0.15) is 18.2 Å². The van der Waals surface area contributed by atoms with Crippen LogP contribution in [0.5, 0.6) is 5.75 Å². The van der Waals surface area contributed by atoms with E-state index in [-0.39, 0.29) is 42.7 Å². The molecule has 0 aromatic heterocycles. The summed E-state index contributed by atoms with van der Waals surface area (Å²) in [7, 11) is 0. The first-order valence-corrected chi connectivity index (χ1v) is 12.3. The summed E-state index contributed by atoms with van der Waals surface area (Å²) < 4.78 is 23.9. The van der Waals surface area contributed by atoms with Crippen LogP contribution >= 0.6 is 12.4 Å². The molecule has 0 aliphatic heterocycles. The molecule has 4 N–H and O–H groups in total. The number of nitrogens with two attached hydrogens (primary N) is 1. The second kappa shape index (κ2) is 13.6. The molecule has 4 rings (SSSR count). The maximum Gasteiger partial charge on any atom is 0.338 e.